The molecule has 0 radical (unpaired) electrons. The molecule has 25 nitrogen and oxygen atoms in total. The minimum absolute atomic E-state index is 0.0902. The van der Waals surface area contributed by atoms with E-state index in [4.69, 9.17) is 47.4 Å². The lowest BCUT2D eigenvalue weighted by Gasteiger charge is -2.32. The third kappa shape index (κ3) is 24.1. The maximum absolute atomic E-state index is 14.4. The van der Waals surface area contributed by atoms with Gasteiger partial charge in [0.05, 0.1) is 61.9 Å². The lowest BCUT2D eigenvalue weighted by Crippen LogP contribution is -2.48. The summed E-state index contributed by atoms with van der Waals surface area (Å²) in [5.41, 5.74) is 17.2. The van der Waals surface area contributed by atoms with Gasteiger partial charge in [-0.05, 0) is 288 Å². The van der Waals surface area contributed by atoms with Crippen LogP contribution in [0, 0.1) is 17.5 Å². The summed E-state index contributed by atoms with van der Waals surface area (Å²) >= 11 is 0. The lowest BCUT2D eigenvalue weighted by molar-refractivity contribution is -0.153. The van der Waals surface area contributed by atoms with Gasteiger partial charge in [0.2, 0.25) is 35.0 Å². The molecule has 0 unspecified atom stereocenters. The number of methoxy groups -OCH3 is 6. The smallest absolute Gasteiger partial charge is 0.344 e. The zero-order valence-corrected chi connectivity index (χ0v) is 74.5. The van der Waals surface area contributed by atoms with Gasteiger partial charge in [-0.2, -0.15) is 0 Å². The van der Waals surface area contributed by atoms with Crippen LogP contribution in [0.5, 0.6) is 51.7 Å². The Bertz CT molecular complexity index is 5630. The number of aromatic nitrogens is 3. The SMILES string of the molecule is COc1cc(/C=C2/C(C)=C(CC(=O)NCc3cccnc3)c3cc(F)ccc32)cc(OC)c1OCC(=O)N1CCN(C)CC1.COc1cc(/C=C2/C(C)=C(CC(=O)NCc3cccnc3)c3cc(F)ccc32)cc(OC)c1OCC(=O)OC1CCN(C)CC1.COc1cc(/C=C2/C(C)=C(CC(=O)NCc3cccnc3)c3cc(F)ccc32)cc(OC)c1OCCN(C)C. The predicted octanol–water partition coefficient (Wildman–Crippen LogP) is 14.9. The average Bonchev–Trinajstić information content (AvgIpc) is 1.62. The van der Waals surface area contributed by atoms with Crippen LogP contribution in [0.4, 0.5) is 13.2 Å². The maximum atomic E-state index is 14.4. The Morgan fingerprint density at radius 3 is 1.08 bits per heavy atom. The Kier molecular flexibility index (Phi) is 32.6. The van der Waals surface area contributed by atoms with Crippen molar-refractivity contribution in [3.05, 3.63) is 266 Å². The number of halogens is 3. The fraction of sp³-hybridized carbons (Fsp3) is 0.320. The Balaban J connectivity index is 0.000000175. The van der Waals surface area contributed by atoms with Gasteiger partial charge in [0, 0.05) is 103 Å². The second-order valence-electron chi connectivity index (χ2n) is 31.7. The summed E-state index contributed by atoms with van der Waals surface area (Å²) in [6, 6.07) is 36.0. The number of esters is 1. The van der Waals surface area contributed by atoms with E-state index in [9.17, 15) is 37.1 Å². The minimum atomic E-state index is -0.451. The third-order valence-corrected chi connectivity index (χ3v) is 22.7. The number of likely N-dealkylation sites (tertiary alicyclic amines) is 1. The van der Waals surface area contributed by atoms with Gasteiger partial charge < -0.3 is 82.9 Å². The number of allylic oxidation sites excluding steroid dienone is 6. The molecule has 5 aliphatic rings. The number of piperazine rings is 1. The van der Waals surface area contributed by atoms with Crippen molar-refractivity contribution >= 4 is 81.3 Å². The van der Waals surface area contributed by atoms with E-state index in [-0.39, 0.29) is 85.4 Å². The Labute approximate surface area is 744 Å². The van der Waals surface area contributed by atoms with Crippen molar-refractivity contribution in [1.29, 1.82) is 0 Å². The third-order valence-electron chi connectivity index (χ3n) is 22.7. The van der Waals surface area contributed by atoms with Gasteiger partial charge >= 0.3 is 5.97 Å². The molecular weight excluding hydrogens is 1640 g/mol. The number of benzene rings is 6. The summed E-state index contributed by atoms with van der Waals surface area (Å²) in [6.45, 7) is 12.4. The van der Waals surface area contributed by atoms with E-state index in [2.05, 4.69) is 40.7 Å². The van der Waals surface area contributed by atoms with Crippen LogP contribution in [0.3, 0.4) is 0 Å². The van der Waals surface area contributed by atoms with E-state index < -0.39 is 5.97 Å². The van der Waals surface area contributed by atoms with Gasteiger partial charge in [0.25, 0.3) is 5.91 Å². The summed E-state index contributed by atoms with van der Waals surface area (Å²) < 4.78 is 100. The molecule has 3 aliphatic carbocycles. The van der Waals surface area contributed by atoms with Gasteiger partial charge in [-0.3, -0.25) is 34.1 Å². The zero-order chi connectivity index (χ0) is 91.1. The summed E-state index contributed by atoms with van der Waals surface area (Å²) in [5, 5.41) is 8.80. The van der Waals surface area contributed by atoms with Crippen LogP contribution in [0.25, 0.3) is 51.7 Å². The van der Waals surface area contributed by atoms with E-state index >= 15 is 0 Å². The van der Waals surface area contributed by atoms with Gasteiger partial charge in [-0.15, -0.1) is 0 Å². The van der Waals surface area contributed by atoms with Crippen molar-refractivity contribution in [2.45, 2.75) is 78.6 Å². The van der Waals surface area contributed by atoms with Crippen LogP contribution in [0.1, 0.15) is 120 Å². The minimum Gasteiger partial charge on any atom is -0.493 e. The van der Waals surface area contributed by atoms with E-state index in [1.54, 1.807) is 98.8 Å². The standard InChI is InChI=1S/C35H38FN3O6.C34H37FN4O5.C31H34FN3O4/c1-22-28(27-8-7-25(36)17-30(27)29(22)18-33(40)38-20-23-6-5-11-37-19-23)14-24-15-31(42-3)35(32(16-24)43-4)44-21-34(41)45-26-9-12-39(2)13-10-26;1-22-27(26-8-7-25(35)17-29(26)28(22)18-32(40)37-20-23-6-5-9-36-19-23)14-24-15-30(42-3)34(31(16-24)43-4)44-21-33(41)39-12-10-38(2)11-13-39;1-20-25(13-22-14-28(37-4)31(29(15-22)38-5)39-12-11-35(2)3)24-9-8-23(32)16-27(24)26(20)17-30(36)34-19-21-7-6-10-33-18-21/h5-8,11,14-17,19,26H,9-10,12-13,18,20-21H2,1-4H3,(H,38,40);5-9,14-17,19H,10-13,18,20-21H2,1-4H3,(H,37,40);6-10,13-16,18H,11-12,17,19H2,1-5H3,(H,34,36)/b28-14-;27-14-;25-13-. The molecule has 0 saturated carbocycles. The van der Waals surface area contributed by atoms with Gasteiger partial charge in [0.15, 0.2) is 47.7 Å². The highest BCUT2D eigenvalue weighted by Crippen LogP contribution is 2.50. The molecule has 3 N–H and O–H groups in total. The van der Waals surface area contributed by atoms with E-state index in [0.29, 0.717) is 96.5 Å². The molecule has 0 atom stereocenters. The molecule has 4 amide bonds. The number of rotatable bonds is 32. The molecular formula is C100H109F3N10O15. The van der Waals surface area contributed by atoms with Crippen LogP contribution < -0.4 is 58.6 Å². The first kappa shape index (κ1) is 93.6. The van der Waals surface area contributed by atoms with Crippen molar-refractivity contribution in [2.24, 2.45) is 0 Å². The number of hydrogen-bond donors (Lipinski definition) is 3. The molecule has 0 spiro atoms. The number of nitrogens with zero attached hydrogens (tertiary/aromatic N) is 7. The number of carbonyl (C=O) groups excluding carboxylic acids is 5. The Hall–Kier alpha value is -13.6. The van der Waals surface area contributed by atoms with Gasteiger partial charge in [0.1, 0.15) is 30.2 Å². The number of fused-ring (bicyclic) bond motifs is 3. The fourth-order valence-electron chi connectivity index (χ4n) is 15.7. The molecule has 28 heteroatoms. The van der Waals surface area contributed by atoms with E-state index in [1.165, 1.54) is 64.8 Å². The van der Waals surface area contributed by atoms with Gasteiger partial charge in [-0.25, -0.2) is 18.0 Å². The molecule has 6 aromatic carbocycles. The molecule has 0 bridgehead atoms. The average molecular weight is 1750 g/mol. The number of hydrogen-bond acceptors (Lipinski definition) is 21. The molecule has 3 aromatic heterocycles. The summed E-state index contributed by atoms with van der Waals surface area (Å²) in [5.74, 6) is 1.70. The second-order valence-corrected chi connectivity index (χ2v) is 31.7. The number of nitrogens with one attached hydrogen (secondary N) is 3. The first-order valence-electron chi connectivity index (χ1n) is 42.1. The number of carbonyl (C=O) groups is 5. The van der Waals surface area contributed by atoms with Crippen molar-refractivity contribution < 1.29 is 84.5 Å². The number of likely N-dealkylation sites (N-methyl/N-ethyl adjacent to an activating group) is 2. The zero-order valence-electron chi connectivity index (χ0n) is 74.5. The topological polar surface area (TPSA) is 265 Å². The molecule has 14 rings (SSSR count). The maximum Gasteiger partial charge on any atom is 0.344 e. The monoisotopic (exact) mass is 1750 g/mol. The molecule has 2 saturated heterocycles. The lowest BCUT2D eigenvalue weighted by atomic mass is 10.00. The molecule has 5 heterocycles. The van der Waals surface area contributed by atoms with E-state index in [1.807, 2.05) is 121 Å². The normalized spacial score (nSPS) is 15.2. The highest BCUT2D eigenvalue weighted by Gasteiger charge is 2.32. The van der Waals surface area contributed by atoms with E-state index in [0.717, 1.165) is 151 Å². The summed E-state index contributed by atoms with van der Waals surface area (Å²) in [4.78, 5) is 84.6. The Morgan fingerprint density at radius 2 is 0.758 bits per heavy atom. The molecule has 2 fully saturated rings. The van der Waals surface area contributed by atoms with Crippen molar-refractivity contribution in [3.63, 3.8) is 0 Å². The number of amides is 4. The van der Waals surface area contributed by atoms with Crippen LogP contribution in [0.15, 0.2) is 181 Å². The largest absolute Gasteiger partial charge is 0.493 e. The molecule has 9 aromatic rings. The highest BCUT2D eigenvalue weighted by atomic mass is 19.1. The number of pyridine rings is 3. The van der Waals surface area contributed by atoms with Crippen molar-refractivity contribution in [3.8, 4) is 51.7 Å². The summed E-state index contributed by atoms with van der Waals surface area (Å²) in [7, 11) is 17.3. The van der Waals surface area contributed by atoms with Crippen LogP contribution >= 0.6 is 0 Å². The van der Waals surface area contributed by atoms with Gasteiger partial charge in [-0.1, -0.05) is 36.4 Å². The van der Waals surface area contributed by atoms with Crippen molar-refractivity contribution in [2.75, 3.05) is 136 Å². The number of ether oxygens (including phenoxy) is 10. The fourth-order valence-corrected chi connectivity index (χ4v) is 15.7. The summed E-state index contributed by atoms with van der Waals surface area (Å²) in [6.07, 6.45) is 17.8. The Morgan fingerprint density at radius 1 is 0.430 bits per heavy atom. The van der Waals surface area contributed by atoms with Crippen molar-refractivity contribution in [1.82, 2.24) is 50.5 Å². The van der Waals surface area contributed by atoms with Crippen LogP contribution in [-0.2, 0) is 48.3 Å². The molecule has 670 valence electrons. The quantitative estimate of drug-likeness (QED) is 0.0331. The second kappa shape index (κ2) is 44.5. The van der Waals surface area contributed by atoms with Crippen LogP contribution in [-0.4, -0.2) is 207 Å². The first-order valence-corrected chi connectivity index (χ1v) is 42.1. The number of piperidine rings is 1. The van der Waals surface area contributed by atoms with Crippen LogP contribution in [0.2, 0.25) is 0 Å². The molecule has 2 aliphatic heterocycles. The predicted molar refractivity (Wildman–Crippen MR) is 487 cm³/mol. The highest BCUT2D eigenvalue weighted by molar-refractivity contribution is 6.11. The first-order chi connectivity index (χ1) is 61.8. The molecule has 128 heavy (non-hydrogen) atoms.